The smallest absolute Gasteiger partial charge is 0.170 e. The van der Waals surface area contributed by atoms with Crippen LogP contribution in [0.15, 0.2) is 4.34 Å². The number of nitriles is 1. The summed E-state index contributed by atoms with van der Waals surface area (Å²) in [6, 6.07) is 2.47. The molecule has 0 amide bonds. The topological polar surface area (TPSA) is 49.6 Å². The first kappa shape index (κ1) is 12.8. The Hall–Kier alpha value is -0.600. The van der Waals surface area contributed by atoms with Crippen LogP contribution in [0.3, 0.4) is 0 Å². The molecule has 0 aliphatic heterocycles. The second-order valence-corrected chi connectivity index (χ2v) is 6.60. The van der Waals surface area contributed by atoms with E-state index >= 15 is 0 Å². The monoisotopic (exact) mass is 267 g/mol. The molecule has 0 saturated heterocycles. The molecule has 5 heteroatoms. The molecule has 2 unspecified atom stereocenters. The van der Waals surface area contributed by atoms with Crippen LogP contribution in [0, 0.1) is 17.2 Å². The van der Waals surface area contributed by atoms with Crippen LogP contribution in [0.4, 0.5) is 0 Å². The molecule has 0 bridgehead atoms. The first-order valence-corrected chi connectivity index (χ1v) is 7.87. The van der Waals surface area contributed by atoms with Crippen LogP contribution >= 0.6 is 23.3 Å². The number of aryl methyl sites for hydroxylation is 1. The van der Waals surface area contributed by atoms with E-state index < -0.39 is 0 Å². The summed E-state index contributed by atoms with van der Waals surface area (Å²) in [5, 5.41) is 9.64. The number of hydrogen-bond acceptors (Lipinski definition) is 5. The molecule has 2 atom stereocenters. The highest BCUT2D eigenvalue weighted by Gasteiger charge is 2.25. The summed E-state index contributed by atoms with van der Waals surface area (Å²) in [7, 11) is 0. The van der Waals surface area contributed by atoms with Crippen LogP contribution in [0.25, 0.3) is 0 Å². The molecule has 17 heavy (non-hydrogen) atoms. The average Bonchev–Trinajstić information content (AvgIpc) is 2.68. The molecule has 92 valence electrons. The zero-order valence-corrected chi connectivity index (χ0v) is 11.7. The fourth-order valence-electron chi connectivity index (χ4n) is 2.12. The van der Waals surface area contributed by atoms with Gasteiger partial charge in [-0.2, -0.15) is 9.64 Å². The van der Waals surface area contributed by atoms with E-state index in [0.29, 0.717) is 5.25 Å². The van der Waals surface area contributed by atoms with Gasteiger partial charge in [0.15, 0.2) is 4.34 Å². The van der Waals surface area contributed by atoms with Crippen molar-refractivity contribution in [3.05, 3.63) is 5.82 Å². The van der Waals surface area contributed by atoms with Gasteiger partial charge in [0.2, 0.25) is 0 Å². The van der Waals surface area contributed by atoms with E-state index in [4.69, 9.17) is 0 Å². The van der Waals surface area contributed by atoms with Crippen molar-refractivity contribution in [2.75, 3.05) is 0 Å². The maximum Gasteiger partial charge on any atom is 0.170 e. The summed E-state index contributed by atoms with van der Waals surface area (Å²) < 4.78 is 5.34. The van der Waals surface area contributed by atoms with E-state index in [-0.39, 0.29) is 5.92 Å². The van der Waals surface area contributed by atoms with Gasteiger partial charge in [0.25, 0.3) is 0 Å². The third-order valence-electron chi connectivity index (χ3n) is 3.14. The Morgan fingerprint density at radius 1 is 1.41 bits per heavy atom. The lowest BCUT2D eigenvalue weighted by atomic mass is 10.0. The van der Waals surface area contributed by atoms with Gasteiger partial charge in [-0.25, -0.2) is 4.98 Å². The molecule has 2 rings (SSSR count). The number of aromatic nitrogens is 2. The first-order chi connectivity index (χ1) is 8.33. The Morgan fingerprint density at radius 2 is 2.24 bits per heavy atom. The lowest BCUT2D eigenvalue weighted by Crippen LogP contribution is -2.13. The van der Waals surface area contributed by atoms with Gasteiger partial charge in [-0.05, 0) is 24.4 Å². The highest BCUT2D eigenvalue weighted by molar-refractivity contribution is 8.01. The van der Waals surface area contributed by atoms with Crippen molar-refractivity contribution in [2.45, 2.75) is 55.0 Å². The Balaban J connectivity index is 2.02. The Labute approximate surface area is 111 Å². The van der Waals surface area contributed by atoms with Crippen LogP contribution in [-0.4, -0.2) is 14.6 Å². The summed E-state index contributed by atoms with van der Waals surface area (Å²) in [5.41, 5.74) is 0. The van der Waals surface area contributed by atoms with E-state index in [0.717, 1.165) is 29.4 Å². The second kappa shape index (κ2) is 6.36. The third-order valence-corrected chi connectivity index (χ3v) is 5.36. The van der Waals surface area contributed by atoms with E-state index in [1.54, 1.807) is 11.8 Å². The molecular formula is C12H17N3S2. The number of rotatable bonds is 3. The van der Waals surface area contributed by atoms with Crippen LogP contribution in [0.5, 0.6) is 0 Å². The average molecular weight is 267 g/mol. The van der Waals surface area contributed by atoms with Gasteiger partial charge < -0.3 is 0 Å². The highest BCUT2D eigenvalue weighted by atomic mass is 32.2. The van der Waals surface area contributed by atoms with Gasteiger partial charge in [0.05, 0.1) is 12.0 Å². The molecule has 1 aliphatic carbocycles. The SMILES string of the molecule is CCc1nsc(SC2CCCCCC2C#N)n1. The van der Waals surface area contributed by atoms with Crippen molar-refractivity contribution < 1.29 is 0 Å². The zero-order valence-electron chi connectivity index (χ0n) is 10.1. The Bertz CT molecular complexity index is 397. The fourth-order valence-corrected chi connectivity index (χ4v) is 4.34. The minimum Gasteiger partial charge on any atom is -0.213 e. The minimum atomic E-state index is 0.191. The van der Waals surface area contributed by atoms with Crippen LogP contribution in [0.1, 0.15) is 44.9 Å². The van der Waals surface area contributed by atoms with Gasteiger partial charge >= 0.3 is 0 Å². The van der Waals surface area contributed by atoms with Gasteiger partial charge in [-0.1, -0.05) is 37.9 Å². The second-order valence-electron chi connectivity index (χ2n) is 4.36. The molecule has 3 nitrogen and oxygen atoms in total. The van der Waals surface area contributed by atoms with Crippen molar-refractivity contribution in [1.29, 1.82) is 5.26 Å². The molecule has 0 spiro atoms. The fraction of sp³-hybridized carbons (Fsp3) is 0.750. The van der Waals surface area contributed by atoms with E-state index in [1.807, 2.05) is 0 Å². The Morgan fingerprint density at radius 3 is 2.94 bits per heavy atom. The van der Waals surface area contributed by atoms with E-state index in [1.165, 1.54) is 30.8 Å². The number of thioether (sulfide) groups is 1. The van der Waals surface area contributed by atoms with Gasteiger partial charge in [0.1, 0.15) is 5.82 Å². The molecule has 1 saturated carbocycles. The standard InChI is InChI=1S/C12H17N3S2/c1-2-11-14-12(17-15-11)16-10-7-5-3-4-6-9(10)8-13/h9-10H,2-7H2,1H3. The third kappa shape index (κ3) is 3.43. The summed E-state index contributed by atoms with van der Waals surface area (Å²) >= 11 is 3.25. The van der Waals surface area contributed by atoms with Crippen molar-refractivity contribution in [3.8, 4) is 6.07 Å². The number of nitrogens with zero attached hydrogens (tertiary/aromatic N) is 3. The predicted octanol–water partition coefficient (Wildman–Crippen LogP) is 3.67. The lowest BCUT2D eigenvalue weighted by molar-refractivity contribution is 0.585. The highest BCUT2D eigenvalue weighted by Crippen LogP contribution is 2.36. The molecule has 0 radical (unpaired) electrons. The summed E-state index contributed by atoms with van der Waals surface area (Å²) in [5.74, 6) is 1.12. The molecule has 1 aromatic heterocycles. The van der Waals surface area contributed by atoms with Gasteiger partial charge in [0, 0.05) is 11.7 Å². The van der Waals surface area contributed by atoms with Gasteiger partial charge in [-0.15, -0.1) is 0 Å². The quantitative estimate of drug-likeness (QED) is 0.784. The van der Waals surface area contributed by atoms with E-state index in [9.17, 15) is 5.26 Å². The lowest BCUT2D eigenvalue weighted by Gasteiger charge is -2.16. The summed E-state index contributed by atoms with van der Waals surface area (Å²) in [6.07, 6.45) is 6.80. The van der Waals surface area contributed by atoms with Crippen LogP contribution < -0.4 is 0 Å². The minimum absolute atomic E-state index is 0.191. The maximum absolute atomic E-state index is 9.22. The van der Waals surface area contributed by atoms with Crippen LogP contribution in [0.2, 0.25) is 0 Å². The molecule has 1 fully saturated rings. The van der Waals surface area contributed by atoms with Crippen molar-refractivity contribution >= 4 is 23.3 Å². The zero-order chi connectivity index (χ0) is 12.1. The summed E-state index contributed by atoms with van der Waals surface area (Å²) in [6.45, 7) is 2.07. The molecule has 1 aromatic rings. The maximum atomic E-state index is 9.22. The van der Waals surface area contributed by atoms with E-state index in [2.05, 4.69) is 22.4 Å². The Kier molecular flexibility index (Phi) is 4.81. The van der Waals surface area contributed by atoms with Crippen LogP contribution in [-0.2, 0) is 6.42 Å². The molecule has 1 heterocycles. The molecule has 1 aliphatic rings. The number of hydrogen-bond donors (Lipinski definition) is 0. The largest absolute Gasteiger partial charge is 0.213 e. The van der Waals surface area contributed by atoms with Crippen molar-refractivity contribution in [1.82, 2.24) is 9.36 Å². The van der Waals surface area contributed by atoms with Crippen molar-refractivity contribution in [2.24, 2.45) is 5.92 Å². The van der Waals surface area contributed by atoms with Gasteiger partial charge in [-0.3, -0.25) is 0 Å². The predicted molar refractivity (Wildman–Crippen MR) is 71.1 cm³/mol. The normalized spacial score (nSPS) is 25.2. The van der Waals surface area contributed by atoms with Crippen molar-refractivity contribution in [3.63, 3.8) is 0 Å². The summed E-state index contributed by atoms with van der Waals surface area (Å²) in [4.78, 5) is 4.48. The molecular weight excluding hydrogens is 250 g/mol. The molecule has 0 N–H and O–H groups in total. The molecule has 0 aromatic carbocycles. The first-order valence-electron chi connectivity index (χ1n) is 6.22.